The zero-order valence-electron chi connectivity index (χ0n) is 22.0. The number of carbonyl (C=O) groups excluding carboxylic acids is 1. The third kappa shape index (κ3) is 2.57. The number of nitrogens with zero attached hydrogens (tertiary/aromatic N) is 3. The molecule has 8 aromatic rings. The van der Waals surface area contributed by atoms with Gasteiger partial charge in [0.15, 0.2) is 0 Å². The van der Waals surface area contributed by atoms with Gasteiger partial charge in [-0.3, -0.25) is 9.36 Å². The molecule has 0 unspecified atom stereocenters. The van der Waals surface area contributed by atoms with Crippen LogP contribution in [0, 0.1) is 0 Å². The number of carbonyl (C=O) groups is 1. The summed E-state index contributed by atoms with van der Waals surface area (Å²) in [6.45, 7) is 4.31. The molecule has 5 nitrogen and oxygen atoms in total. The Morgan fingerprint density at radius 3 is 2.30 bits per heavy atom. The molecular weight excluding hydrogens is 494 g/mol. The first-order chi connectivity index (χ1) is 19.5. The molecule has 0 radical (unpaired) electrons. The number of benzene rings is 5. The van der Waals surface area contributed by atoms with Gasteiger partial charge in [0.05, 0.1) is 22.1 Å². The molecule has 0 N–H and O–H groups in total. The Kier molecular flexibility index (Phi) is 3.95. The molecule has 190 valence electrons. The van der Waals surface area contributed by atoms with Crippen molar-refractivity contribution in [2.45, 2.75) is 19.3 Å². The molecule has 5 heteroatoms. The molecule has 9 rings (SSSR count). The van der Waals surface area contributed by atoms with Crippen LogP contribution in [-0.2, 0) is 5.41 Å². The summed E-state index contributed by atoms with van der Waals surface area (Å²) in [5.41, 5.74) is 7.99. The van der Waals surface area contributed by atoms with Crippen LogP contribution in [0.2, 0.25) is 0 Å². The van der Waals surface area contributed by atoms with Crippen LogP contribution in [0.4, 0.5) is 0 Å². The molecule has 0 amide bonds. The molecule has 0 aliphatic carbocycles. The van der Waals surface area contributed by atoms with E-state index in [1.165, 1.54) is 0 Å². The second-order valence-electron chi connectivity index (χ2n) is 11.2. The number of hydrogen-bond acceptors (Lipinski definition) is 3. The highest BCUT2D eigenvalue weighted by Crippen LogP contribution is 2.43. The molecule has 0 bridgehead atoms. The molecule has 5 aromatic carbocycles. The summed E-state index contributed by atoms with van der Waals surface area (Å²) in [5, 5.41) is 4.35. The van der Waals surface area contributed by atoms with Crippen LogP contribution >= 0.6 is 0 Å². The van der Waals surface area contributed by atoms with Gasteiger partial charge in [0.2, 0.25) is 0 Å². The summed E-state index contributed by atoms with van der Waals surface area (Å²) in [4.78, 5) is 19.0. The van der Waals surface area contributed by atoms with Gasteiger partial charge in [0.25, 0.3) is 5.91 Å². The van der Waals surface area contributed by atoms with Gasteiger partial charge in [-0.05, 0) is 67.9 Å². The fourth-order valence-corrected chi connectivity index (χ4v) is 6.81. The van der Waals surface area contributed by atoms with Crippen molar-refractivity contribution in [1.29, 1.82) is 0 Å². The molecule has 0 atom stereocenters. The van der Waals surface area contributed by atoms with E-state index in [4.69, 9.17) is 9.40 Å². The monoisotopic (exact) mass is 517 g/mol. The van der Waals surface area contributed by atoms with Gasteiger partial charge in [-0.1, -0.05) is 54.6 Å². The zero-order chi connectivity index (χ0) is 26.7. The van der Waals surface area contributed by atoms with Crippen molar-refractivity contribution in [3.63, 3.8) is 0 Å². The van der Waals surface area contributed by atoms with E-state index in [2.05, 4.69) is 79.1 Å². The van der Waals surface area contributed by atoms with Crippen LogP contribution < -0.4 is 0 Å². The Morgan fingerprint density at radius 2 is 1.40 bits per heavy atom. The van der Waals surface area contributed by atoms with E-state index in [0.717, 1.165) is 77.4 Å². The number of aromatic nitrogens is 3. The van der Waals surface area contributed by atoms with Crippen LogP contribution in [-0.4, -0.2) is 20.0 Å². The Labute approximate surface area is 228 Å². The van der Waals surface area contributed by atoms with Gasteiger partial charge in [-0.15, -0.1) is 0 Å². The molecule has 0 spiro atoms. The SMILES string of the molecule is CC1(C)c2ccccc2C(=O)n2c1nc1c3c4ccccc4n(-c4ccc5oc6ccccc6c5c4)c3ccc12. The first kappa shape index (κ1) is 21.7. The first-order valence-electron chi connectivity index (χ1n) is 13.5. The largest absolute Gasteiger partial charge is 0.456 e. The van der Waals surface area contributed by atoms with Gasteiger partial charge in [-0.25, -0.2) is 4.98 Å². The van der Waals surface area contributed by atoms with Gasteiger partial charge in [-0.2, -0.15) is 0 Å². The normalized spacial score (nSPS) is 14.5. The quantitative estimate of drug-likeness (QED) is 0.220. The lowest BCUT2D eigenvalue weighted by Gasteiger charge is -2.31. The molecule has 0 fully saturated rings. The van der Waals surface area contributed by atoms with E-state index in [9.17, 15) is 4.79 Å². The molecule has 4 heterocycles. The fraction of sp³-hybridized carbons (Fsp3) is 0.0857. The summed E-state index contributed by atoms with van der Waals surface area (Å²) in [6.07, 6.45) is 0. The van der Waals surface area contributed by atoms with Crippen molar-refractivity contribution in [3.8, 4) is 5.69 Å². The van der Waals surface area contributed by atoms with E-state index >= 15 is 0 Å². The number of furan rings is 1. The van der Waals surface area contributed by atoms with Crippen molar-refractivity contribution in [2.24, 2.45) is 0 Å². The van der Waals surface area contributed by atoms with Crippen LogP contribution in [0.5, 0.6) is 0 Å². The standard InChI is InChI=1S/C35H23N3O2/c1-35(2)25-12-6-3-10-22(25)33(39)38-28-17-16-27-31(32(28)36-34(35)38)23-11-4-7-13-26(23)37(27)20-15-18-30-24(19-20)21-9-5-8-14-29(21)40-30/h3-19H,1-2H3. The Morgan fingerprint density at radius 1 is 0.675 bits per heavy atom. The van der Waals surface area contributed by atoms with Crippen molar-refractivity contribution in [2.75, 3.05) is 0 Å². The van der Waals surface area contributed by atoms with Crippen LogP contribution in [0.25, 0.3) is 60.5 Å². The third-order valence-electron chi connectivity index (χ3n) is 8.67. The van der Waals surface area contributed by atoms with Crippen molar-refractivity contribution in [1.82, 2.24) is 14.1 Å². The highest BCUT2D eigenvalue weighted by Gasteiger charge is 2.40. The number of imidazole rings is 1. The van der Waals surface area contributed by atoms with E-state index in [1.54, 1.807) is 0 Å². The number of para-hydroxylation sites is 2. The average Bonchev–Trinajstić information content (AvgIpc) is 3.66. The summed E-state index contributed by atoms with van der Waals surface area (Å²) in [5.74, 6) is 0.759. The van der Waals surface area contributed by atoms with Crippen molar-refractivity contribution >= 4 is 60.7 Å². The summed E-state index contributed by atoms with van der Waals surface area (Å²) >= 11 is 0. The first-order valence-corrected chi connectivity index (χ1v) is 13.5. The van der Waals surface area contributed by atoms with Gasteiger partial charge in [0.1, 0.15) is 17.0 Å². The second kappa shape index (κ2) is 7.27. The minimum atomic E-state index is -0.415. The minimum Gasteiger partial charge on any atom is -0.456 e. The third-order valence-corrected chi connectivity index (χ3v) is 8.67. The highest BCUT2D eigenvalue weighted by molar-refractivity contribution is 6.21. The van der Waals surface area contributed by atoms with Gasteiger partial charge < -0.3 is 8.98 Å². The Balaban J connectivity index is 1.39. The number of rotatable bonds is 1. The predicted molar refractivity (Wildman–Crippen MR) is 160 cm³/mol. The fourth-order valence-electron chi connectivity index (χ4n) is 6.81. The molecule has 40 heavy (non-hydrogen) atoms. The van der Waals surface area contributed by atoms with E-state index in [-0.39, 0.29) is 5.91 Å². The van der Waals surface area contributed by atoms with Gasteiger partial charge in [0, 0.05) is 38.2 Å². The van der Waals surface area contributed by atoms with E-state index in [1.807, 2.05) is 47.0 Å². The van der Waals surface area contributed by atoms with Crippen LogP contribution in [0.15, 0.2) is 108 Å². The van der Waals surface area contributed by atoms with E-state index < -0.39 is 5.41 Å². The van der Waals surface area contributed by atoms with Crippen LogP contribution in [0.3, 0.4) is 0 Å². The maximum Gasteiger partial charge on any atom is 0.264 e. The van der Waals surface area contributed by atoms with Crippen molar-refractivity contribution < 1.29 is 9.21 Å². The lowest BCUT2D eigenvalue weighted by Crippen LogP contribution is -2.35. The molecule has 1 aliphatic heterocycles. The summed E-state index contributed by atoms with van der Waals surface area (Å²) in [7, 11) is 0. The van der Waals surface area contributed by atoms with Crippen LogP contribution in [0.1, 0.15) is 35.6 Å². The Bertz CT molecular complexity index is 2380. The molecular formula is C35H23N3O2. The van der Waals surface area contributed by atoms with Crippen molar-refractivity contribution in [3.05, 3.63) is 120 Å². The molecule has 0 saturated heterocycles. The second-order valence-corrected chi connectivity index (χ2v) is 11.2. The number of fused-ring (bicyclic) bond motifs is 11. The zero-order valence-corrected chi connectivity index (χ0v) is 22.0. The Hall–Kier alpha value is -5.16. The molecule has 1 aliphatic rings. The number of hydrogen-bond donors (Lipinski definition) is 0. The van der Waals surface area contributed by atoms with E-state index in [0.29, 0.717) is 0 Å². The maximum absolute atomic E-state index is 13.8. The maximum atomic E-state index is 13.8. The average molecular weight is 518 g/mol. The predicted octanol–water partition coefficient (Wildman–Crippen LogP) is 8.36. The van der Waals surface area contributed by atoms with Gasteiger partial charge >= 0.3 is 0 Å². The summed E-state index contributed by atoms with van der Waals surface area (Å²) in [6, 6.07) is 35.1. The lowest BCUT2D eigenvalue weighted by atomic mass is 9.78. The lowest BCUT2D eigenvalue weighted by molar-refractivity contribution is 0.0948. The topological polar surface area (TPSA) is 53.0 Å². The highest BCUT2D eigenvalue weighted by atomic mass is 16.3. The molecule has 0 saturated carbocycles. The summed E-state index contributed by atoms with van der Waals surface area (Å²) < 4.78 is 10.2. The molecule has 3 aromatic heterocycles. The smallest absolute Gasteiger partial charge is 0.264 e. The minimum absolute atomic E-state index is 0.0206.